The van der Waals surface area contributed by atoms with E-state index >= 15 is 0 Å². The van der Waals surface area contributed by atoms with Gasteiger partial charge in [-0.05, 0) is 53.1 Å². The number of benzene rings is 3. The molecule has 174 valence electrons. The van der Waals surface area contributed by atoms with Gasteiger partial charge in [-0.25, -0.2) is 4.39 Å². The lowest BCUT2D eigenvalue weighted by molar-refractivity contribution is -0.136. The minimum Gasteiger partial charge on any atom is -0.489 e. The van der Waals surface area contributed by atoms with E-state index in [-0.39, 0.29) is 20.5 Å². The largest absolute Gasteiger partial charge is 0.489 e. The zero-order valence-electron chi connectivity index (χ0n) is 17.6. The monoisotopic (exact) mass is 460 g/mol. The molecule has 0 amide bonds. The van der Waals surface area contributed by atoms with Crippen LogP contribution in [0.5, 0.6) is 5.75 Å². The first kappa shape index (κ1) is 24.5. The van der Waals surface area contributed by atoms with Gasteiger partial charge in [0.1, 0.15) is 24.6 Å². The molecule has 0 saturated heterocycles. The average Bonchev–Trinajstić information content (AvgIpc) is 3.30. The molecular formula is C27H25FN2O4. The van der Waals surface area contributed by atoms with Crippen LogP contribution in [0.3, 0.4) is 0 Å². The SMILES string of the molecule is C.N#Cc1ccc(CC(=O)O)c(OCc2cc(-c3cccc(C(N)CF)c3)c3occc3c2)c1. The topological polar surface area (TPSA) is 109 Å². The fraction of sp³-hybridized carbons (Fsp3) is 0.185. The molecule has 0 spiro atoms. The van der Waals surface area contributed by atoms with Crippen molar-refractivity contribution < 1.29 is 23.4 Å². The third kappa shape index (κ3) is 5.25. The minimum absolute atomic E-state index is 0. The van der Waals surface area contributed by atoms with E-state index in [0.717, 1.165) is 22.1 Å². The number of ether oxygens (including phenoxy) is 1. The quantitative estimate of drug-likeness (QED) is 0.345. The molecule has 0 aliphatic carbocycles. The van der Waals surface area contributed by atoms with Crippen molar-refractivity contribution >= 4 is 16.9 Å². The van der Waals surface area contributed by atoms with Crippen LogP contribution in [0.1, 0.15) is 35.7 Å². The second-order valence-electron chi connectivity index (χ2n) is 7.66. The van der Waals surface area contributed by atoms with Gasteiger partial charge in [-0.3, -0.25) is 4.79 Å². The van der Waals surface area contributed by atoms with Crippen LogP contribution in [0.4, 0.5) is 4.39 Å². The summed E-state index contributed by atoms with van der Waals surface area (Å²) in [6, 6.07) is 19.1. The molecule has 0 aliphatic heterocycles. The van der Waals surface area contributed by atoms with E-state index in [9.17, 15) is 19.6 Å². The number of halogens is 1. The van der Waals surface area contributed by atoms with E-state index in [1.54, 1.807) is 24.5 Å². The number of rotatable bonds is 8. The van der Waals surface area contributed by atoms with Crippen LogP contribution in [0.25, 0.3) is 22.1 Å². The fourth-order valence-corrected chi connectivity index (χ4v) is 3.70. The van der Waals surface area contributed by atoms with Crippen LogP contribution in [0, 0.1) is 11.3 Å². The van der Waals surface area contributed by atoms with Gasteiger partial charge in [-0.1, -0.05) is 31.7 Å². The predicted octanol–water partition coefficient (Wildman–Crippen LogP) is 5.78. The summed E-state index contributed by atoms with van der Waals surface area (Å²) >= 11 is 0. The van der Waals surface area contributed by atoms with Crippen LogP contribution in [-0.2, 0) is 17.8 Å². The first-order valence-electron chi connectivity index (χ1n) is 10.3. The molecule has 0 fully saturated rings. The molecule has 0 radical (unpaired) electrons. The number of nitrogens with zero attached hydrogens (tertiary/aromatic N) is 1. The molecule has 0 bridgehead atoms. The summed E-state index contributed by atoms with van der Waals surface area (Å²) < 4.78 is 24.7. The maximum Gasteiger partial charge on any atom is 0.307 e. The standard InChI is InChI=1S/C26H21FN2O4.CH4/c27-13-23(29)19-3-1-2-18(11-19)22-9-17(8-21-6-7-32-26(21)22)15-33-24-10-16(14-28)4-5-20(24)12-25(30)31;/h1-11,23H,12-13,15,29H2,(H,30,31);1H4. The van der Waals surface area contributed by atoms with Gasteiger partial charge in [0.15, 0.2) is 0 Å². The summed E-state index contributed by atoms with van der Waals surface area (Å²) in [4.78, 5) is 11.2. The van der Waals surface area contributed by atoms with Gasteiger partial charge in [0, 0.05) is 16.5 Å². The summed E-state index contributed by atoms with van der Waals surface area (Å²) in [5.74, 6) is -0.640. The van der Waals surface area contributed by atoms with Crippen LogP contribution in [0.2, 0.25) is 0 Å². The number of nitriles is 1. The lowest BCUT2D eigenvalue weighted by atomic mass is 9.97. The molecule has 1 atom stereocenters. The summed E-state index contributed by atoms with van der Waals surface area (Å²) in [5.41, 5.74) is 10.6. The molecule has 34 heavy (non-hydrogen) atoms. The molecule has 0 saturated carbocycles. The van der Waals surface area contributed by atoms with Crippen molar-refractivity contribution in [3.63, 3.8) is 0 Å². The number of hydrogen-bond donors (Lipinski definition) is 2. The van der Waals surface area contributed by atoms with Crippen molar-refractivity contribution in [3.05, 3.63) is 89.2 Å². The summed E-state index contributed by atoms with van der Waals surface area (Å²) in [6.45, 7) is -0.507. The number of carboxylic acid groups (broad SMARTS) is 1. The Kier molecular flexibility index (Phi) is 7.67. The van der Waals surface area contributed by atoms with Gasteiger partial charge >= 0.3 is 5.97 Å². The summed E-state index contributed by atoms with van der Waals surface area (Å²) in [7, 11) is 0. The first-order valence-corrected chi connectivity index (χ1v) is 10.3. The lowest BCUT2D eigenvalue weighted by Gasteiger charge is -2.13. The zero-order chi connectivity index (χ0) is 23.4. The van der Waals surface area contributed by atoms with E-state index in [4.69, 9.17) is 14.9 Å². The molecule has 6 nitrogen and oxygen atoms in total. The highest BCUT2D eigenvalue weighted by Crippen LogP contribution is 2.33. The third-order valence-corrected chi connectivity index (χ3v) is 5.34. The number of fused-ring (bicyclic) bond motifs is 1. The average molecular weight is 461 g/mol. The van der Waals surface area contributed by atoms with Gasteiger partial charge in [0.2, 0.25) is 0 Å². The van der Waals surface area contributed by atoms with Crippen LogP contribution in [0.15, 0.2) is 71.3 Å². The molecular weight excluding hydrogens is 435 g/mol. The Morgan fingerprint density at radius 1 is 1.18 bits per heavy atom. The number of nitrogens with two attached hydrogens (primary N) is 1. The van der Waals surface area contributed by atoms with Gasteiger partial charge in [-0.15, -0.1) is 0 Å². The Balaban J connectivity index is 0.00000324. The number of hydrogen-bond acceptors (Lipinski definition) is 5. The minimum atomic E-state index is -0.988. The van der Waals surface area contributed by atoms with E-state index < -0.39 is 18.7 Å². The van der Waals surface area contributed by atoms with E-state index in [1.165, 1.54) is 6.07 Å². The predicted molar refractivity (Wildman–Crippen MR) is 128 cm³/mol. The van der Waals surface area contributed by atoms with E-state index in [2.05, 4.69) is 0 Å². The van der Waals surface area contributed by atoms with Crippen molar-refractivity contribution in [1.29, 1.82) is 5.26 Å². The Labute approximate surface area is 197 Å². The Bertz CT molecular complexity index is 1360. The second kappa shape index (κ2) is 10.6. The molecule has 4 rings (SSSR count). The number of furan rings is 1. The smallest absolute Gasteiger partial charge is 0.307 e. The highest BCUT2D eigenvalue weighted by molar-refractivity contribution is 5.93. The fourth-order valence-electron chi connectivity index (χ4n) is 3.70. The van der Waals surface area contributed by atoms with Crippen LogP contribution >= 0.6 is 0 Å². The van der Waals surface area contributed by atoms with Crippen molar-refractivity contribution in [1.82, 2.24) is 0 Å². The summed E-state index contributed by atoms with van der Waals surface area (Å²) in [6.07, 6.45) is 1.38. The molecule has 3 aromatic carbocycles. The molecule has 1 unspecified atom stereocenters. The van der Waals surface area contributed by atoms with E-state index in [0.29, 0.717) is 28.0 Å². The molecule has 1 heterocycles. The molecule has 4 aromatic rings. The number of carbonyl (C=O) groups is 1. The van der Waals surface area contributed by atoms with E-state index in [1.807, 2.05) is 42.5 Å². The highest BCUT2D eigenvalue weighted by Gasteiger charge is 2.14. The number of aliphatic carboxylic acids is 1. The zero-order valence-corrected chi connectivity index (χ0v) is 17.6. The van der Waals surface area contributed by atoms with Crippen molar-refractivity contribution in [2.45, 2.75) is 26.5 Å². The maximum atomic E-state index is 13.1. The molecule has 7 heteroatoms. The van der Waals surface area contributed by atoms with Crippen molar-refractivity contribution in [2.75, 3.05) is 6.67 Å². The lowest BCUT2D eigenvalue weighted by Crippen LogP contribution is -2.11. The Morgan fingerprint density at radius 3 is 2.74 bits per heavy atom. The Hall–Kier alpha value is -4.15. The number of carboxylic acids is 1. The van der Waals surface area contributed by atoms with Gasteiger partial charge < -0.3 is 20.0 Å². The van der Waals surface area contributed by atoms with Gasteiger partial charge in [-0.2, -0.15) is 5.26 Å². The molecule has 0 aliphatic rings. The number of alkyl halides is 1. The molecule has 3 N–H and O–H groups in total. The molecule has 1 aromatic heterocycles. The summed E-state index contributed by atoms with van der Waals surface area (Å²) in [5, 5.41) is 19.2. The van der Waals surface area contributed by atoms with Crippen molar-refractivity contribution in [2.24, 2.45) is 5.73 Å². The van der Waals surface area contributed by atoms with Gasteiger partial charge in [0.25, 0.3) is 0 Å². The first-order chi connectivity index (χ1) is 16.0. The highest BCUT2D eigenvalue weighted by atomic mass is 19.1. The van der Waals surface area contributed by atoms with Crippen molar-refractivity contribution in [3.8, 4) is 22.9 Å². The maximum absolute atomic E-state index is 13.1. The van der Waals surface area contributed by atoms with Gasteiger partial charge in [0.05, 0.1) is 30.4 Å². The van der Waals surface area contributed by atoms with Crippen LogP contribution in [-0.4, -0.2) is 17.8 Å². The van der Waals surface area contributed by atoms with Crippen LogP contribution < -0.4 is 10.5 Å². The second-order valence-corrected chi connectivity index (χ2v) is 7.66. The normalized spacial score (nSPS) is 11.4. The third-order valence-electron chi connectivity index (χ3n) is 5.34. The Morgan fingerprint density at radius 2 is 2.00 bits per heavy atom.